The van der Waals surface area contributed by atoms with E-state index < -0.39 is 16.1 Å². The molecule has 0 saturated carbocycles. The summed E-state index contributed by atoms with van der Waals surface area (Å²) in [6.45, 7) is 4.04. The van der Waals surface area contributed by atoms with Gasteiger partial charge in [-0.3, -0.25) is 13.9 Å². The molecule has 1 atom stereocenters. The Kier molecular flexibility index (Phi) is 11.6. The Hall–Kier alpha value is -1.71. The fourth-order valence-corrected chi connectivity index (χ4v) is 5.41. The molecular formula is C24H29Cl4N3O4S. The third-order valence-corrected chi connectivity index (χ3v) is 7.88. The lowest BCUT2D eigenvalue weighted by atomic mass is 10.1. The number of hydrogen-bond donors (Lipinski definition) is 1. The summed E-state index contributed by atoms with van der Waals surface area (Å²) >= 11 is 24.9. The first kappa shape index (κ1) is 30.5. The monoisotopic (exact) mass is 595 g/mol. The van der Waals surface area contributed by atoms with Crippen LogP contribution < -0.4 is 9.62 Å². The van der Waals surface area contributed by atoms with Crippen LogP contribution in [0, 0.1) is 0 Å². The highest BCUT2D eigenvalue weighted by molar-refractivity contribution is 7.92. The summed E-state index contributed by atoms with van der Waals surface area (Å²) < 4.78 is 26.0. The van der Waals surface area contributed by atoms with Crippen molar-refractivity contribution < 1.29 is 18.0 Å². The molecule has 0 saturated heterocycles. The number of rotatable bonds is 12. The minimum Gasteiger partial charge on any atom is -0.354 e. The zero-order chi connectivity index (χ0) is 27.0. The second-order valence-electron chi connectivity index (χ2n) is 8.22. The number of carbonyl (C=O) groups is 2. The Balaban J connectivity index is 2.24. The molecule has 0 aliphatic carbocycles. The Morgan fingerprint density at radius 2 is 1.67 bits per heavy atom. The fourth-order valence-electron chi connectivity index (χ4n) is 3.49. The molecule has 1 N–H and O–H groups in total. The number of nitrogens with one attached hydrogen (secondary N) is 1. The largest absolute Gasteiger partial charge is 0.354 e. The van der Waals surface area contributed by atoms with Crippen molar-refractivity contribution in [1.82, 2.24) is 10.2 Å². The summed E-state index contributed by atoms with van der Waals surface area (Å²) in [5.41, 5.74) is 0.749. The average molecular weight is 597 g/mol. The zero-order valence-electron chi connectivity index (χ0n) is 20.2. The summed E-state index contributed by atoms with van der Waals surface area (Å²) in [6, 6.07) is 8.73. The van der Waals surface area contributed by atoms with Crippen LogP contribution in [-0.4, -0.2) is 50.5 Å². The molecule has 0 aliphatic heterocycles. The molecule has 2 amide bonds. The zero-order valence-corrected chi connectivity index (χ0v) is 24.1. The smallest absolute Gasteiger partial charge is 0.242 e. The fraction of sp³-hybridized carbons (Fsp3) is 0.417. The van der Waals surface area contributed by atoms with Gasteiger partial charge in [0.1, 0.15) is 6.04 Å². The van der Waals surface area contributed by atoms with Gasteiger partial charge in [0.2, 0.25) is 21.8 Å². The van der Waals surface area contributed by atoms with Gasteiger partial charge in [-0.15, -0.1) is 0 Å². The Morgan fingerprint density at radius 3 is 2.25 bits per heavy atom. The Bertz CT molecular complexity index is 1170. The van der Waals surface area contributed by atoms with E-state index in [9.17, 15) is 18.0 Å². The van der Waals surface area contributed by atoms with Gasteiger partial charge in [-0.05, 0) is 50.1 Å². The van der Waals surface area contributed by atoms with E-state index in [0.717, 1.165) is 17.0 Å². The minimum absolute atomic E-state index is 0.0122. The molecule has 0 heterocycles. The molecule has 0 aromatic heterocycles. The van der Waals surface area contributed by atoms with Gasteiger partial charge < -0.3 is 10.2 Å². The number of hydrogen-bond acceptors (Lipinski definition) is 4. The third kappa shape index (κ3) is 8.42. The van der Waals surface area contributed by atoms with E-state index in [1.165, 1.54) is 17.0 Å². The number of halogens is 4. The van der Waals surface area contributed by atoms with Gasteiger partial charge in [0.15, 0.2) is 0 Å². The number of amides is 2. The SMILES string of the molecule is CCCNC(=O)C(C)N(Cc1c(Cl)cccc1Cl)C(=O)CCCN(c1cc(Cl)ccc1Cl)S(C)(=O)=O. The molecular weight excluding hydrogens is 568 g/mol. The first-order valence-corrected chi connectivity index (χ1v) is 14.7. The van der Waals surface area contributed by atoms with Crippen LogP contribution in [0.4, 0.5) is 5.69 Å². The van der Waals surface area contributed by atoms with Crippen molar-refractivity contribution in [2.45, 2.75) is 45.7 Å². The maximum Gasteiger partial charge on any atom is 0.242 e. The van der Waals surface area contributed by atoms with Crippen molar-refractivity contribution in [3.05, 3.63) is 62.1 Å². The topological polar surface area (TPSA) is 86.8 Å². The van der Waals surface area contributed by atoms with E-state index in [2.05, 4.69) is 5.32 Å². The Morgan fingerprint density at radius 1 is 1.03 bits per heavy atom. The molecule has 0 bridgehead atoms. The average Bonchev–Trinajstić information content (AvgIpc) is 2.80. The molecule has 12 heteroatoms. The first-order valence-electron chi connectivity index (χ1n) is 11.3. The molecule has 0 fully saturated rings. The van der Waals surface area contributed by atoms with Crippen LogP contribution in [-0.2, 0) is 26.2 Å². The number of sulfonamides is 1. The van der Waals surface area contributed by atoms with Gasteiger partial charge in [-0.1, -0.05) is 59.4 Å². The molecule has 1 unspecified atom stereocenters. The van der Waals surface area contributed by atoms with Gasteiger partial charge in [-0.25, -0.2) is 8.42 Å². The second kappa shape index (κ2) is 13.7. The number of nitrogens with zero attached hydrogens (tertiary/aromatic N) is 2. The van der Waals surface area contributed by atoms with E-state index in [4.69, 9.17) is 46.4 Å². The quantitative estimate of drug-likeness (QED) is 0.336. The summed E-state index contributed by atoms with van der Waals surface area (Å²) in [5.74, 6) is -0.660. The van der Waals surface area contributed by atoms with Crippen molar-refractivity contribution in [1.29, 1.82) is 0 Å². The first-order chi connectivity index (χ1) is 16.9. The lowest BCUT2D eigenvalue weighted by Gasteiger charge is -2.30. The van der Waals surface area contributed by atoms with Gasteiger partial charge >= 0.3 is 0 Å². The van der Waals surface area contributed by atoms with E-state index in [1.807, 2.05) is 6.92 Å². The summed E-state index contributed by atoms with van der Waals surface area (Å²) in [6.07, 6.45) is 1.94. The number of benzene rings is 2. The highest BCUT2D eigenvalue weighted by Gasteiger charge is 2.28. The van der Waals surface area contributed by atoms with Crippen LogP contribution in [0.25, 0.3) is 0 Å². The van der Waals surface area contributed by atoms with Gasteiger partial charge in [0, 0.05) is 46.7 Å². The molecule has 7 nitrogen and oxygen atoms in total. The van der Waals surface area contributed by atoms with Crippen LogP contribution in [0.15, 0.2) is 36.4 Å². The second-order valence-corrected chi connectivity index (χ2v) is 11.8. The van der Waals surface area contributed by atoms with Crippen LogP contribution in [0.2, 0.25) is 20.1 Å². The van der Waals surface area contributed by atoms with Crippen LogP contribution >= 0.6 is 46.4 Å². The van der Waals surface area contributed by atoms with Crippen LogP contribution in [0.5, 0.6) is 0 Å². The standard InChI is InChI=1S/C24H29Cl4N3O4S/c1-4-12-29-24(33)16(2)30(15-18-19(26)7-5-8-20(18)27)23(32)9-6-13-31(36(3,34)35)22-14-17(25)10-11-21(22)28/h5,7-8,10-11,14,16H,4,6,9,12-13,15H2,1-3H3,(H,29,33). The summed E-state index contributed by atoms with van der Waals surface area (Å²) in [5, 5.41) is 4.09. The highest BCUT2D eigenvalue weighted by atomic mass is 35.5. The van der Waals surface area contributed by atoms with E-state index in [1.54, 1.807) is 31.2 Å². The summed E-state index contributed by atoms with van der Waals surface area (Å²) in [7, 11) is -3.71. The van der Waals surface area contributed by atoms with Gasteiger partial charge in [0.25, 0.3) is 0 Å². The molecule has 2 aromatic rings. The molecule has 2 aromatic carbocycles. The van der Waals surface area contributed by atoms with Crippen LogP contribution in [0.3, 0.4) is 0 Å². The van der Waals surface area contributed by atoms with Crippen molar-refractivity contribution >= 4 is 73.9 Å². The lowest BCUT2D eigenvalue weighted by Crippen LogP contribution is -2.48. The van der Waals surface area contributed by atoms with E-state index >= 15 is 0 Å². The molecule has 198 valence electrons. The minimum atomic E-state index is -3.71. The molecule has 0 spiro atoms. The molecule has 0 radical (unpaired) electrons. The lowest BCUT2D eigenvalue weighted by molar-refractivity contribution is -0.140. The van der Waals surface area contributed by atoms with Gasteiger partial charge in [0.05, 0.1) is 17.0 Å². The molecule has 2 rings (SSSR count). The van der Waals surface area contributed by atoms with E-state index in [0.29, 0.717) is 27.2 Å². The van der Waals surface area contributed by atoms with Crippen molar-refractivity contribution in [2.75, 3.05) is 23.7 Å². The van der Waals surface area contributed by atoms with Crippen molar-refractivity contribution in [3.8, 4) is 0 Å². The van der Waals surface area contributed by atoms with Crippen LogP contribution in [0.1, 0.15) is 38.7 Å². The predicted octanol–water partition coefficient (Wildman–Crippen LogP) is 5.79. The van der Waals surface area contributed by atoms with Crippen molar-refractivity contribution in [2.24, 2.45) is 0 Å². The molecule has 0 aliphatic rings. The highest BCUT2D eigenvalue weighted by Crippen LogP contribution is 2.31. The number of anilines is 1. The van der Waals surface area contributed by atoms with Crippen molar-refractivity contribution in [3.63, 3.8) is 0 Å². The maximum absolute atomic E-state index is 13.3. The van der Waals surface area contributed by atoms with E-state index in [-0.39, 0.29) is 48.5 Å². The Labute approximate surface area is 232 Å². The third-order valence-electron chi connectivity index (χ3n) is 5.44. The maximum atomic E-state index is 13.3. The predicted molar refractivity (Wildman–Crippen MR) is 148 cm³/mol. The summed E-state index contributed by atoms with van der Waals surface area (Å²) in [4.78, 5) is 27.4. The van der Waals surface area contributed by atoms with Gasteiger partial charge in [-0.2, -0.15) is 0 Å². The normalized spacial score (nSPS) is 12.2. The molecule has 36 heavy (non-hydrogen) atoms. The number of carbonyl (C=O) groups excluding carboxylic acids is 2.